The largest absolute Gasteiger partial charge is 0.480 e. The molecule has 0 bridgehead atoms. The molecule has 2 amide bonds. The van der Waals surface area contributed by atoms with Gasteiger partial charge in [0.1, 0.15) is 23.2 Å². The van der Waals surface area contributed by atoms with Crippen molar-refractivity contribution in [2.24, 2.45) is 0 Å². The van der Waals surface area contributed by atoms with Gasteiger partial charge in [-0.2, -0.15) is 11.8 Å². The summed E-state index contributed by atoms with van der Waals surface area (Å²) in [6.07, 6.45) is 2.71. The summed E-state index contributed by atoms with van der Waals surface area (Å²) in [7, 11) is 0. The van der Waals surface area contributed by atoms with Crippen molar-refractivity contribution in [3.05, 3.63) is 80.9 Å². The highest BCUT2D eigenvalue weighted by atomic mass is 32.2. The summed E-state index contributed by atoms with van der Waals surface area (Å²) in [6, 6.07) is 9.61. The summed E-state index contributed by atoms with van der Waals surface area (Å²) < 4.78 is 11.3. The third kappa shape index (κ3) is 7.05. The minimum atomic E-state index is -1.14. The van der Waals surface area contributed by atoms with Crippen molar-refractivity contribution >= 4 is 51.5 Å². The molecule has 4 aromatic rings. The number of furan rings is 1. The molecule has 9 nitrogen and oxygen atoms in total. The lowest BCUT2D eigenvalue weighted by atomic mass is 9.98. The molecule has 2 aromatic heterocycles. The Balaban J connectivity index is 1.40. The first-order chi connectivity index (χ1) is 20.1. The number of carboxylic acids is 1. The third-order valence-electron chi connectivity index (χ3n) is 7.38. The van der Waals surface area contributed by atoms with Gasteiger partial charge < -0.3 is 24.6 Å². The van der Waals surface area contributed by atoms with Gasteiger partial charge in [0.15, 0.2) is 0 Å². The van der Waals surface area contributed by atoms with Gasteiger partial charge in [-0.05, 0) is 56.4 Å². The maximum atomic E-state index is 13.0. The summed E-state index contributed by atoms with van der Waals surface area (Å²) in [5.74, 6) is -1.30. The molecule has 222 valence electrons. The highest BCUT2D eigenvalue weighted by Gasteiger charge is 2.26. The molecule has 0 saturated heterocycles. The van der Waals surface area contributed by atoms with Gasteiger partial charge in [0.05, 0.1) is 6.26 Å². The zero-order valence-electron chi connectivity index (χ0n) is 24.2. The van der Waals surface area contributed by atoms with E-state index in [0.29, 0.717) is 35.3 Å². The monoisotopic (exact) mass is 592 g/mol. The maximum absolute atomic E-state index is 13.0. The number of benzene rings is 2. The summed E-state index contributed by atoms with van der Waals surface area (Å²) in [6.45, 7) is 7.50. The van der Waals surface area contributed by atoms with Crippen LogP contribution in [-0.4, -0.2) is 40.7 Å². The number of rotatable bonds is 13. The van der Waals surface area contributed by atoms with Gasteiger partial charge in [-0.1, -0.05) is 43.7 Å². The normalized spacial score (nSPS) is 12.8. The molecule has 42 heavy (non-hydrogen) atoms. The number of fused-ring (bicyclic) bond motifs is 2. The van der Waals surface area contributed by atoms with E-state index in [-0.39, 0.29) is 18.6 Å². The number of aliphatic carboxylic acids is 1. The van der Waals surface area contributed by atoms with Gasteiger partial charge in [0, 0.05) is 39.8 Å². The molecule has 2 heterocycles. The second-order valence-electron chi connectivity index (χ2n) is 10.5. The van der Waals surface area contributed by atoms with Crippen LogP contribution in [0.25, 0.3) is 21.9 Å². The highest BCUT2D eigenvalue weighted by molar-refractivity contribution is 7.98. The van der Waals surface area contributed by atoms with Crippen LogP contribution in [0.15, 0.2) is 56.3 Å². The Kier molecular flexibility index (Phi) is 10.1. The predicted octanol–water partition coefficient (Wildman–Crippen LogP) is 5.18. The van der Waals surface area contributed by atoms with E-state index >= 15 is 0 Å². The number of amides is 2. The summed E-state index contributed by atoms with van der Waals surface area (Å²) >= 11 is 1.41. The average molecular weight is 593 g/mol. The number of hydrogen-bond donors (Lipinski definition) is 3. The van der Waals surface area contributed by atoms with E-state index in [9.17, 15) is 24.3 Å². The van der Waals surface area contributed by atoms with E-state index in [2.05, 4.69) is 10.6 Å². The quantitative estimate of drug-likeness (QED) is 0.180. The molecule has 0 saturated carbocycles. The van der Waals surface area contributed by atoms with E-state index < -0.39 is 35.5 Å². The van der Waals surface area contributed by atoms with E-state index in [1.165, 1.54) is 11.8 Å². The van der Waals surface area contributed by atoms with Gasteiger partial charge in [-0.3, -0.25) is 9.59 Å². The van der Waals surface area contributed by atoms with E-state index in [1.54, 1.807) is 6.26 Å². The molecule has 0 aliphatic carbocycles. The molecule has 3 N–H and O–H groups in total. The molecule has 0 fully saturated rings. The van der Waals surface area contributed by atoms with Crippen LogP contribution in [-0.2, 0) is 26.6 Å². The molecule has 0 radical (unpaired) electrons. The van der Waals surface area contributed by atoms with Gasteiger partial charge in [0.25, 0.3) is 0 Å². The molecule has 0 aliphatic rings. The number of hydrogen-bond acceptors (Lipinski definition) is 7. The van der Waals surface area contributed by atoms with Gasteiger partial charge in [-0.15, -0.1) is 0 Å². The molecule has 2 atom stereocenters. The minimum absolute atomic E-state index is 0.0359. The van der Waals surface area contributed by atoms with Crippen LogP contribution in [0, 0.1) is 20.8 Å². The van der Waals surface area contributed by atoms with Gasteiger partial charge in [-0.25, -0.2) is 9.59 Å². The molecule has 0 unspecified atom stereocenters. The second-order valence-corrected chi connectivity index (χ2v) is 11.5. The Hall–Kier alpha value is -4.05. The number of nitrogens with one attached hydrogen (secondary N) is 2. The van der Waals surface area contributed by atoms with Crippen molar-refractivity contribution in [2.45, 2.75) is 71.2 Å². The Labute approximate surface area is 248 Å². The highest BCUT2D eigenvalue weighted by Crippen LogP contribution is 2.32. The third-order valence-corrected chi connectivity index (χ3v) is 8.48. The Morgan fingerprint density at radius 1 is 0.976 bits per heavy atom. The first kappa shape index (κ1) is 30.9. The molecule has 4 rings (SSSR count). The minimum Gasteiger partial charge on any atom is -0.480 e. The molecule has 0 aliphatic heterocycles. The van der Waals surface area contributed by atoms with Crippen molar-refractivity contribution in [3.8, 4) is 0 Å². The first-order valence-corrected chi connectivity index (χ1v) is 15.1. The van der Waals surface area contributed by atoms with Crippen LogP contribution in [0.1, 0.15) is 54.0 Å². The zero-order chi connectivity index (χ0) is 30.4. The topological polar surface area (TPSA) is 139 Å². The van der Waals surface area contributed by atoms with Crippen LogP contribution in [0.3, 0.4) is 0 Å². The average Bonchev–Trinajstić information content (AvgIpc) is 3.33. The number of carbonyl (C=O) groups is 3. The smallest absolute Gasteiger partial charge is 0.339 e. The maximum Gasteiger partial charge on any atom is 0.339 e. The Morgan fingerprint density at radius 2 is 1.71 bits per heavy atom. The zero-order valence-corrected chi connectivity index (χ0v) is 25.1. The second kappa shape index (κ2) is 13.7. The standard InChI is InChI=1S/C32H36N2O7S/c1-5-9-25(30(36)34-26(31(37)38)17-42-16-21-10-7-6-8-11-21)33-27(35)13-12-22-19(3)24-14-23-18(2)15-40-28(23)20(4)29(24)41-32(22)39/h6-8,10-11,14-15,25-26H,5,9,12-13,16-17H2,1-4H3,(H,33,35)(H,34,36)(H,37,38)/t25-,26+/m1/s1. The number of thioether (sulfide) groups is 1. The van der Waals surface area contributed by atoms with Crippen molar-refractivity contribution in [2.75, 3.05) is 5.75 Å². The lowest BCUT2D eigenvalue weighted by Gasteiger charge is -2.21. The van der Waals surface area contributed by atoms with Crippen molar-refractivity contribution in [3.63, 3.8) is 0 Å². The van der Waals surface area contributed by atoms with Crippen LogP contribution >= 0.6 is 11.8 Å². The van der Waals surface area contributed by atoms with Crippen LogP contribution in [0.4, 0.5) is 0 Å². The van der Waals surface area contributed by atoms with Gasteiger partial charge >= 0.3 is 11.6 Å². The van der Waals surface area contributed by atoms with Crippen LogP contribution < -0.4 is 16.3 Å². The Morgan fingerprint density at radius 3 is 2.40 bits per heavy atom. The first-order valence-electron chi connectivity index (χ1n) is 14.0. The lowest BCUT2D eigenvalue weighted by molar-refractivity contribution is -0.141. The fraction of sp³-hybridized carbons (Fsp3) is 0.375. The number of carbonyl (C=O) groups excluding carboxylic acids is 2. The molecule has 2 aromatic carbocycles. The summed E-state index contributed by atoms with van der Waals surface area (Å²) in [5, 5.41) is 16.7. The molecule has 10 heteroatoms. The summed E-state index contributed by atoms with van der Waals surface area (Å²) in [4.78, 5) is 50.7. The number of aryl methyl sites for hydroxylation is 3. The van der Waals surface area contributed by atoms with E-state index in [0.717, 1.165) is 33.0 Å². The van der Waals surface area contributed by atoms with Crippen molar-refractivity contribution in [1.29, 1.82) is 0 Å². The fourth-order valence-corrected chi connectivity index (χ4v) is 5.99. The van der Waals surface area contributed by atoms with Gasteiger partial charge in [0.2, 0.25) is 11.8 Å². The molecular weight excluding hydrogens is 556 g/mol. The lowest BCUT2D eigenvalue weighted by Crippen LogP contribution is -2.52. The van der Waals surface area contributed by atoms with Crippen LogP contribution in [0.5, 0.6) is 0 Å². The number of carboxylic acid groups (broad SMARTS) is 1. The van der Waals surface area contributed by atoms with Crippen molar-refractivity contribution < 1.29 is 28.3 Å². The van der Waals surface area contributed by atoms with E-state index in [4.69, 9.17) is 8.83 Å². The summed E-state index contributed by atoms with van der Waals surface area (Å²) in [5.41, 5.74) is 4.53. The molecular formula is C32H36N2O7S. The van der Waals surface area contributed by atoms with E-state index in [1.807, 2.05) is 64.1 Å². The fourth-order valence-electron chi connectivity index (χ4n) is 4.99. The SMILES string of the molecule is CCC[C@@H](NC(=O)CCc1c(C)c2cc3c(C)coc3c(C)c2oc1=O)C(=O)N[C@@H](CSCc1ccccc1)C(=O)O. The molecule has 0 spiro atoms. The predicted molar refractivity (Wildman–Crippen MR) is 164 cm³/mol. The van der Waals surface area contributed by atoms with Crippen molar-refractivity contribution in [1.82, 2.24) is 10.6 Å². The Bertz CT molecular complexity index is 1660. The van der Waals surface area contributed by atoms with Crippen LogP contribution in [0.2, 0.25) is 0 Å².